The quantitative estimate of drug-likeness (QED) is 0.766. The van der Waals surface area contributed by atoms with Crippen molar-refractivity contribution in [2.24, 2.45) is 0 Å². The molecular formula is C17H21ClN2O2S. The second kappa shape index (κ2) is 8.34. The van der Waals surface area contributed by atoms with Crippen molar-refractivity contribution in [3.63, 3.8) is 0 Å². The van der Waals surface area contributed by atoms with E-state index >= 15 is 0 Å². The first-order valence-electron chi connectivity index (χ1n) is 7.39. The highest BCUT2D eigenvalue weighted by molar-refractivity contribution is 7.80. The standard InChI is InChI=1S/C17H21ClN2O2S/c1-12-14(18)6-4-7-15(12)19-17(23)20(9-11-21-3)13(2)16-8-5-10-22-16/h4-8,10,13H,9,11H2,1-3H3,(H,19,23)/t13-/m1/s1. The summed E-state index contributed by atoms with van der Waals surface area (Å²) in [6.07, 6.45) is 1.66. The van der Waals surface area contributed by atoms with Crippen molar-refractivity contribution in [1.29, 1.82) is 0 Å². The molecule has 0 aliphatic heterocycles. The zero-order valence-electron chi connectivity index (χ0n) is 13.5. The third-order valence-electron chi connectivity index (χ3n) is 3.73. The topological polar surface area (TPSA) is 37.6 Å². The highest BCUT2D eigenvalue weighted by Gasteiger charge is 2.21. The monoisotopic (exact) mass is 352 g/mol. The molecular weight excluding hydrogens is 332 g/mol. The summed E-state index contributed by atoms with van der Waals surface area (Å²) >= 11 is 11.8. The van der Waals surface area contributed by atoms with Gasteiger partial charge in [-0.1, -0.05) is 17.7 Å². The minimum absolute atomic E-state index is 0.000333. The van der Waals surface area contributed by atoms with Crippen LogP contribution in [0.2, 0.25) is 5.02 Å². The molecule has 1 aromatic carbocycles. The number of methoxy groups -OCH3 is 1. The van der Waals surface area contributed by atoms with E-state index in [4.69, 9.17) is 33.0 Å². The van der Waals surface area contributed by atoms with Gasteiger partial charge in [0.2, 0.25) is 0 Å². The zero-order valence-corrected chi connectivity index (χ0v) is 15.1. The van der Waals surface area contributed by atoms with Crippen LogP contribution >= 0.6 is 23.8 Å². The van der Waals surface area contributed by atoms with Crippen LogP contribution in [0.4, 0.5) is 5.69 Å². The van der Waals surface area contributed by atoms with Gasteiger partial charge < -0.3 is 19.4 Å². The van der Waals surface area contributed by atoms with E-state index in [1.54, 1.807) is 13.4 Å². The zero-order chi connectivity index (χ0) is 16.8. The predicted octanol–water partition coefficient (Wildman–Crippen LogP) is 4.65. The van der Waals surface area contributed by atoms with Gasteiger partial charge in [-0.05, 0) is 55.9 Å². The Morgan fingerprint density at radius 1 is 1.39 bits per heavy atom. The number of benzene rings is 1. The molecule has 4 nitrogen and oxygen atoms in total. The number of rotatable bonds is 6. The van der Waals surface area contributed by atoms with Crippen LogP contribution in [0.1, 0.15) is 24.3 Å². The lowest BCUT2D eigenvalue weighted by Gasteiger charge is -2.30. The molecule has 6 heteroatoms. The maximum Gasteiger partial charge on any atom is 0.174 e. The third-order valence-corrected chi connectivity index (χ3v) is 4.47. The fourth-order valence-electron chi connectivity index (χ4n) is 2.27. The number of nitrogens with one attached hydrogen (secondary N) is 1. The molecule has 0 aliphatic carbocycles. The predicted molar refractivity (Wildman–Crippen MR) is 98.1 cm³/mol. The normalized spacial score (nSPS) is 12.0. The number of nitrogens with zero attached hydrogens (tertiary/aromatic N) is 1. The highest BCUT2D eigenvalue weighted by atomic mass is 35.5. The molecule has 0 radical (unpaired) electrons. The minimum Gasteiger partial charge on any atom is -0.467 e. The second-order valence-corrected chi connectivity index (χ2v) is 6.01. The van der Waals surface area contributed by atoms with E-state index in [-0.39, 0.29) is 6.04 Å². The van der Waals surface area contributed by atoms with Crippen molar-refractivity contribution in [2.45, 2.75) is 19.9 Å². The number of anilines is 1. The van der Waals surface area contributed by atoms with Crippen molar-refractivity contribution in [3.8, 4) is 0 Å². The molecule has 1 N–H and O–H groups in total. The van der Waals surface area contributed by atoms with Gasteiger partial charge in [0.1, 0.15) is 5.76 Å². The molecule has 0 bridgehead atoms. The summed E-state index contributed by atoms with van der Waals surface area (Å²) in [4.78, 5) is 2.04. The number of hydrogen-bond donors (Lipinski definition) is 1. The highest BCUT2D eigenvalue weighted by Crippen LogP contribution is 2.25. The SMILES string of the molecule is COCCN(C(=S)Nc1cccc(Cl)c1C)[C@H](C)c1ccco1. The largest absolute Gasteiger partial charge is 0.467 e. The molecule has 1 atom stereocenters. The van der Waals surface area contributed by atoms with Crippen LogP contribution in [0.3, 0.4) is 0 Å². The molecule has 0 fully saturated rings. The van der Waals surface area contributed by atoms with E-state index in [1.807, 2.05) is 49.1 Å². The van der Waals surface area contributed by atoms with Gasteiger partial charge in [-0.15, -0.1) is 0 Å². The first-order valence-corrected chi connectivity index (χ1v) is 8.18. The number of ether oxygens (including phenoxy) is 1. The average molecular weight is 353 g/mol. The lowest BCUT2D eigenvalue weighted by Crippen LogP contribution is -2.39. The number of halogens is 1. The van der Waals surface area contributed by atoms with Gasteiger partial charge in [0.05, 0.1) is 18.9 Å². The molecule has 1 heterocycles. The van der Waals surface area contributed by atoms with Crippen LogP contribution in [-0.4, -0.2) is 30.3 Å². The minimum atomic E-state index is -0.000333. The van der Waals surface area contributed by atoms with Gasteiger partial charge in [0, 0.05) is 24.4 Å². The molecule has 0 unspecified atom stereocenters. The summed E-state index contributed by atoms with van der Waals surface area (Å²) in [5.74, 6) is 0.855. The molecule has 0 saturated heterocycles. The summed E-state index contributed by atoms with van der Waals surface area (Å²) in [7, 11) is 1.67. The Balaban J connectivity index is 2.17. The van der Waals surface area contributed by atoms with Crippen molar-refractivity contribution < 1.29 is 9.15 Å². The average Bonchev–Trinajstić information content (AvgIpc) is 3.06. The van der Waals surface area contributed by atoms with Crippen LogP contribution in [-0.2, 0) is 4.74 Å². The second-order valence-electron chi connectivity index (χ2n) is 5.22. The molecule has 124 valence electrons. The Morgan fingerprint density at radius 2 is 2.17 bits per heavy atom. The summed E-state index contributed by atoms with van der Waals surface area (Å²) in [5, 5.41) is 4.59. The fourth-order valence-corrected chi connectivity index (χ4v) is 2.81. The van der Waals surface area contributed by atoms with E-state index in [1.165, 1.54) is 0 Å². The Bertz CT molecular complexity index is 646. The molecule has 1 aromatic heterocycles. The van der Waals surface area contributed by atoms with Crippen LogP contribution in [0.15, 0.2) is 41.0 Å². The van der Waals surface area contributed by atoms with Gasteiger partial charge in [0.25, 0.3) is 0 Å². The van der Waals surface area contributed by atoms with Crippen molar-refractivity contribution >= 4 is 34.6 Å². The van der Waals surface area contributed by atoms with Crippen LogP contribution in [0.5, 0.6) is 0 Å². The van der Waals surface area contributed by atoms with Crippen LogP contribution < -0.4 is 5.32 Å². The molecule has 23 heavy (non-hydrogen) atoms. The fraction of sp³-hybridized carbons (Fsp3) is 0.353. The number of thiocarbonyl (C=S) groups is 1. The van der Waals surface area contributed by atoms with Gasteiger partial charge in [-0.2, -0.15) is 0 Å². The molecule has 2 aromatic rings. The van der Waals surface area contributed by atoms with E-state index in [9.17, 15) is 0 Å². The van der Waals surface area contributed by atoms with Crippen molar-refractivity contribution in [3.05, 3.63) is 52.9 Å². The molecule has 2 rings (SSSR count). The lowest BCUT2D eigenvalue weighted by atomic mass is 10.2. The number of hydrogen-bond acceptors (Lipinski definition) is 3. The lowest BCUT2D eigenvalue weighted by molar-refractivity contribution is 0.160. The van der Waals surface area contributed by atoms with E-state index in [2.05, 4.69) is 5.32 Å². The van der Waals surface area contributed by atoms with Crippen LogP contribution in [0.25, 0.3) is 0 Å². The van der Waals surface area contributed by atoms with Gasteiger partial charge >= 0.3 is 0 Å². The molecule has 0 amide bonds. The van der Waals surface area contributed by atoms with Crippen molar-refractivity contribution in [1.82, 2.24) is 4.90 Å². The Hall–Kier alpha value is -1.56. The summed E-state index contributed by atoms with van der Waals surface area (Å²) in [5.41, 5.74) is 1.87. The van der Waals surface area contributed by atoms with Crippen molar-refractivity contribution in [2.75, 3.05) is 25.6 Å². The van der Waals surface area contributed by atoms with Gasteiger partial charge in [-0.25, -0.2) is 0 Å². The Morgan fingerprint density at radius 3 is 2.83 bits per heavy atom. The van der Waals surface area contributed by atoms with Crippen LogP contribution in [0, 0.1) is 6.92 Å². The number of furan rings is 1. The maximum atomic E-state index is 6.17. The smallest absolute Gasteiger partial charge is 0.174 e. The third kappa shape index (κ3) is 4.47. The summed E-state index contributed by atoms with van der Waals surface area (Å²) < 4.78 is 10.7. The summed E-state index contributed by atoms with van der Waals surface area (Å²) in [6, 6.07) is 9.53. The van der Waals surface area contributed by atoms with E-state index in [0.717, 1.165) is 17.0 Å². The van der Waals surface area contributed by atoms with E-state index < -0.39 is 0 Å². The van der Waals surface area contributed by atoms with E-state index in [0.29, 0.717) is 23.3 Å². The molecule has 0 saturated carbocycles. The first-order chi connectivity index (χ1) is 11.0. The molecule has 0 spiro atoms. The summed E-state index contributed by atoms with van der Waals surface area (Å²) in [6.45, 7) is 5.24. The Kier molecular flexibility index (Phi) is 6.45. The first kappa shape index (κ1) is 17.8. The maximum absolute atomic E-state index is 6.17. The van der Waals surface area contributed by atoms with Gasteiger partial charge in [-0.3, -0.25) is 0 Å². The Labute approximate surface area is 147 Å². The van der Waals surface area contributed by atoms with Gasteiger partial charge in [0.15, 0.2) is 5.11 Å². The molecule has 0 aliphatic rings.